The fourth-order valence-electron chi connectivity index (χ4n) is 11.8. The highest BCUT2D eigenvalue weighted by atomic mass is 31.2. The number of phosphoric acid groups is 2. The first-order valence-electron chi connectivity index (χ1n) is 42.2. The quantitative estimate of drug-likeness (QED) is 0.0169. The molecule has 0 bridgehead atoms. The fraction of sp³-hybridized carbons (Fsp3) is 0.812. The molecular formula is C85H154O17P2. The van der Waals surface area contributed by atoms with E-state index in [9.17, 15) is 43.2 Å². The van der Waals surface area contributed by atoms with E-state index in [-0.39, 0.29) is 25.7 Å². The summed E-state index contributed by atoms with van der Waals surface area (Å²) in [6, 6.07) is 0. The van der Waals surface area contributed by atoms with Crippen molar-refractivity contribution in [1.82, 2.24) is 0 Å². The second kappa shape index (κ2) is 77.7. The lowest BCUT2D eigenvalue weighted by molar-refractivity contribution is -0.161. The summed E-state index contributed by atoms with van der Waals surface area (Å²) >= 11 is 0. The molecule has 0 rings (SSSR count). The van der Waals surface area contributed by atoms with E-state index in [2.05, 4.69) is 101 Å². The lowest BCUT2D eigenvalue weighted by Gasteiger charge is -2.21. The van der Waals surface area contributed by atoms with E-state index >= 15 is 0 Å². The van der Waals surface area contributed by atoms with Gasteiger partial charge in [-0.2, -0.15) is 0 Å². The van der Waals surface area contributed by atoms with Crippen molar-refractivity contribution < 1.29 is 80.2 Å². The number of aliphatic hydroxyl groups is 1. The Bertz CT molecular complexity index is 2250. The van der Waals surface area contributed by atoms with Gasteiger partial charge < -0.3 is 33.8 Å². The van der Waals surface area contributed by atoms with E-state index in [4.69, 9.17) is 37.0 Å². The molecule has 5 atom stereocenters. The Morgan fingerprint density at radius 2 is 0.500 bits per heavy atom. The summed E-state index contributed by atoms with van der Waals surface area (Å²) < 4.78 is 68.7. The molecular weight excluding hydrogens is 1350 g/mol. The maximum atomic E-state index is 13.1. The SMILES string of the molecule is CC/C=C\C/C=C\C/C=C\C/C=C\C/C=C\CCCCCC(=O)OCC(COP(=O)(O)OCC(O)COP(=O)(O)OCC(COC(=O)CCCCCCCCCCCCCCCCC)OC(=O)CCCCCCCCCCCCCCCCC)OC(=O)CCCCCCC/C=C\CCCCCCCC. The van der Waals surface area contributed by atoms with Crippen molar-refractivity contribution in [2.24, 2.45) is 0 Å². The molecule has 0 aromatic rings. The predicted octanol–water partition coefficient (Wildman–Crippen LogP) is 24.8. The molecule has 0 aromatic heterocycles. The van der Waals surface area contributed by atoms with Crippen molar-refractivity contribution in [3.05, 3.63) is 72.9 Å². The molecule has 0 amide bonds. The highest BCUT2D eigenvalue weighted by Gasteiger charge is 2.30. The summed E-state index contributed by atoms with van der Waals surface area (Å²) in [5.74, 6) is -2.18. The van der Waals surface area contributed by atoms with Crippen molar-refractivity contribution in [2.75, 3.05) is 39.6 Å². The van der Waals surface area contributed by atoms with E-state index in [1.54, 1.807) is 0 Å². The van der Waals surface area contributed by atoms with Crippen LogP contribution in [-0.4, -0.2) is 96.7 Å². The van der Waals surface area contributed by atoms with Crippen LogP contribution in [0.5, 0.6) is 0 Å². The highest BCUT2D eigenvalue weighted by Crippen LogP contribution is 2.45. The van der Waals surface area contributed by atoms with E-state index in [1.807, 2.05) is 0 Å². The smallest absolute Gasteiger partial charge is 0.462 e. The molecule has 0 aliphatic rings. The first kappa shape index (κ1) is 100. The monoisotopic (exact) mass is 1510 g/mol. The maximum absolute atomic E-state index is 13.1. The summed E-state index contributed by atoms with van der Waals surface area (Å²) in [6.45, 7) is 4.81. The molecule has 19 heteroatoms. The number of hydrogen-bond acceptors (Lipinski definition) is 15. The van der Waals surface area contributed by atoms with Gasteiger partial charge in [-0.15, -0.1) is 0 Å². The number of hydrogen-bond donors (Lipinski definition) is 3. The van der Waals surface area contributed by atoms with Gasteiger partial charge in [-0.05, 0) is 96.3 Å². The molecule has 0 heterocycles. The lowest BCUT2D eigenvalue weighted by Crippen LogP contribution is -2.30. The zero-order valence-corrected chi connectivity index (χ0v) is 68.2. The number of carbonyl (C=O) groups is 4. The van der Waals surface area contributed by atoms with Gasteiger partial charge in [-0.3, -0.25) is 37.3 Å². The van der Waals surface area contributed by atoms with Crippen LogP contribution in [0.25, 0.3) is 0 Å². The van der Waals surface area contributed by atoms with Gasteiger partial charge in [0.15, 0.2) is 12.2 Å². The molecule has 0 aromatic carbocycles. The Balaban J connectivity index is 5.36. The fourth-order valence-corrected chi connectivity index (χ4v) is 13.4. The highest BCUT2D eigenvalue weighted by molar-refractivity contribution is 7.47. The largest absolute Gasteiger partial charge is 0.472 e. The van der Waals surface area contributed by atoms with Crippen LogP contribution >= 0.6 is 15.6 Å². The van der Waals surface area contributed by atoms with E-state index < -0.39 is 97.5 Å². The molecule has 0 radical (unpaired) electrons. The number of unbranched alkanes of at least 4 members (excludes halogenated alkanes) is 42. The lowest BCUT2D eigenvalue weighted by atomic mass is 10.0. The number of rotatable bonds is 80. The molecule has 104 heavy (non-hydrogen) atoms. The summed E-state index contributed by atoms with van der Waals surface area (Å²) in [5.41, 5.74) is 0. The zero-order valence-electron chi connectivity index (χ0n) is 66.5. The third kappa shape index (κ3) is 76.7. The minimum atomic E-state index is -4.98. The third-order valence-electron chi connectivity index (χ3n) is 18.2. The Morgan fingerprint density at radius 3 is 0.788 bits per heavy atom. The van der Waals surface area contributed by atoms with Gasteiger partial charge in [0.05, 0.1) is 26.4 Å². The molecule has 0 spiro atoms. The van der Waals surface area contributed by atoms with E-state index in [1.165, 1.54) is 173 Å². The molecule has 3 N–H and O–H groups in total. The summed E-state index contributed by atoms with van der Waals surface area (Å²) in [4.78, 5) is 73.1. The van der Waals surface area contributed by atoms with Crippen molar-refractivity contribution in [2.45, 2.75) is 406 Å². The van der Waals surface area contributed by atoms with Crippen LogP contribution < -0.4 is 0 Å². The second-order valence-corrected chi connectivity index (χ2v) is 31.3. The number of phosphoric ester groups is 2. The van der Waals surface area contributed by atoms with Gasteiger partial charge in [-0.1, -0.05) is 338 Å². The molecule has 0 aliphatic heterocycles. The predicted molar refractivity (Wildman–Crippen MR) is 427 cm³/mol. The average molecular weight is 1510 g/mol. The van der Waals surface area contributed by atoms with Gasteiger partial charge >= 0.3 is 39.5 Å². The van der Waals surface area contributed by atoms with E-state index in [0.29, 0.717) is 25.7 Å². The molecule has 606 valence electrons. The summed E-state index contributed by atoms with van der Waals surface area (Å²) in [7, 11) is -9.96. The normalized spacial score (nSPS) is 14.2. The maximum Gasteiger partial charge on any atom is 0.472 e. The molecule has 0 fully saturated rings. The Kier molecular flexibility index (Phi) is 75.0. The number of esters is 4. The Hall–Kier alpha value is -3.50. The summed E-state index contributed by atoms with van der Waals surface area (Å²) in [5, 5.41) is 10.7. The van der Waals surface area contributed by atoms with Crippen LogP contribution in [0.15, 0.2) is 72.9 Å². The standard InChI is InChI=1S/C85H154O17P2/c1-5-9-13-17-21-25-29-33-37-38-39-40-44-46-50-54-58-62-66-70-83(88)96-76-81(102-85(90)72-68-64-60-56-52-48-43-36-32-28-24-20-16-12-8-4)78-100-104(93,94)98-74-79(86)73-97-103(91,92)99-77-80(101-84(89)71-67-63-59-55-51-47-42-35-31-27-23-19-15-11-7-3)75-95-82(87)69-65-61-57-53-49-45-41-34-30-26-22-18-14-10-6-2/h9,13,21,25,33,36-37,39-40,43,46,50,79-81,86H,5-8,10-12,14-20,22-24,26-32,34-35,38,41-42,44-45,47-49,51-78H2,1-4H3,(H,91,92)(H,93,94)/b13-9-,25-21-,37-33-,40-39-,43-36-,50-46-. The van der Waals surface area contributed by atoms with Crippen LogP contribution in [-0.2, 0) is 65.4 Å². The number of ether oxygens (including phenoxy) is 4. The first-order valence-corrected chi connectivity index (χ1v) is 45.2. The van der Waals surface area contributed by atoms with E-state index in [0.717, 1.165) is 135 Å². The van der Waals surface area contributed by atoms with Crippen LogP contribution in [0.1, 0.15) is 387 Å². The van der Waals surface area contributed by atoms with Crippen LogP contribution in [0, 0.1) is 0 Å². The minimum absolute atomic E-state index is 0.0802. The van der Waals surface area contributed by atoms with Crippen molar-refractivity contribution >= 4 is 39.5 Å². The number of aliphatic hydroxyl groups excluding tert-OH is 1. The third-order valence-corrected chi connectivity index (χ3v) is 20.1. The molecule has 0 saturated heterocycles. The van der Waals surface area contributed by atoms with Crippen molar-refractivity contribution in [1.29, 1.82) is 0 Å². The van der Waals surface area contributed by atoms with Crippen LogP contribution in [0.2, 0.25) is 0 Å². The summed E-state index contributed by atoms with van der Waals surface area (Å²) in [6.07, 6.45) is 80.1. The second-order valence-electron chi connectivity index (χ2n) is 28.4. The number of carbonyl (C=O) groups excluding carboxylic acids is 4. The van der Waals surface area contributed by atoms with Gasteiger partial charge in [0.25, 0.3) is 0 Å². The van der Waals surface area contributed by atoms with Crippen molar-refractivity contribution in [3.8, 4) is 0 Å². The van der Waals surface area contributed by atoms with Crippen molar-refractivity contribution in [3.63, 3.8) is 0 Å². The molecule has 0 saturated carbocycles. The van der Waals surface area contributed by atoms with Gasteiger partial charge in [0.1, 0.15) is 19.3 Å². The first-order chi connectivity index (χ1) is 50.7. The van der Waals surface area contributed by atoms with Gasteiger partial charge in [0.2, 0.25) is 0 Å². The van der Waals surface area contributed by atoms with Crippen LogP contribution in [0.3, 0.4) is 0 Å². The molecule has 5 unspecified atom stereocenters. The van der Waals surface area contributed by atoms with Gasteiger partial charge in [-0.25, -0.2) is 9.13 Å². The Labute approximate surface area is 634 Å². The average Bonchev–Trinajstić information content (AvgIpc) is 0.918. The molecule has 0 aliphatic carbocycles. The minimum Gasteiger partial charge on any atom is -0.462 e. The Morgan fingerprint density at radius 1 is 0.279 bits per heavy atom. The molecule has 17 nitrogen and oxygen atoms in total. The number of allylic oxidation sites excluding steroid dienone is 12. The topological polar surface area (TPSA) is 237 Å². The zero-order chi connectivity index (χ0) is 76.0. The van der Waals surface area contributed by atoms with Gasteiger partial charge in [0, 0.05) is 25.7 Å². The van der Waals surface area contributed by atoms with Crippen LogP contribution in [0.4, 0.5) is 0 Å².